The van der Waals surface area contributed by atoms with E-state index in [9.17, 15) is 0 Å². The van der Waals surface area contributed by atoms with Crippen molar-refractivity contribution in [1.82, 2.24) is 0 Å². The minimum atomic E-state index is 0. The van der Waals surface area contributed by atoms with Crippen molar-refractivity contribution >= 4 is 0 Å². The third-order valence-corrected chi connectivity index (χ3v) is 0. The van der Waals surface area contributed by atoms with Crippen LogP contribution in [-0.4, -0.2) is 0 Å². The fraction of sp³-hybridized carbons (Fsp3) is 0. The molecule has 0 aromatic heterocycles. The van der Waals surface area contributed by atoms with Crippen LogP contribution in [0, 0.1) is 0 Å². The standard InChI is InChI=1S/ClH.FH.2Na.Zn/h2*1H;;;/q;;2*+1;+2/p-2. The summed E-state index contributed by atoms with van der Waals surface area (Å²) in [4.78, 5) is 0. The summed E-state index contributed by atoms with van der Waals surface area (Å²) in [6.07, 6.45) is 0. The molecule has 5 heteroatoms. The first-order valence-electron chi connectivity index (χ1n) is 0. The molecule has 0 saturated heterocycles. The van der Waals surface area contributed by atoms with Crippen LogP contribution < -0.4 is 76.2 Å². The van der Waals surface area contributed by atoms with Gasteiger partial charge in [0.2, 0.25) is 0 Å². The van der Waals surface area contributed by atoms with E-state index in [0.29, 0.717) is 0 Å². The van der Waals surface area contributed by atoms with Crippen molar-refractivity contribution in [3.63, 3.8) is 0 Å². The minimum Gasteiger partial charge on any atom is -1.00 e. The van der Waals surface area contributed by atoms with Gasteiger partial charge in [-0.2, -0.15) is 0 Å². The maximum Gasteiger partial charge on any atom is 2.00 e. The predicted molar refractivity (Wildman–Crippen MR) is 0 cm³/mol. The fourth-order valence-electron chi connectivity index (χ4n) is 0. The van der Waals surface area contributed by atoms with Crippen molar-refractivity contribution in [1.29, 1.82) is 0 Å². The summed E-state index contributed by atoms with van der Waals surface area (Å²) in [5.41, 5.74) is 0. The van der Waals surface area contributed by atoms with Gasteiger partial charge in [-0.25, -0.2) is 0 Å². The van der Waals surface area contributed by atoms with Crippen LogP contribution in [0.2, 0.25) is 0 Å². The van der Waals surface area contributed by atoms with Gasteiger partial charge in [-0.15, -0.1) is 0 Å². The molecule has 0 aromatic rings. The van der Waals surface area contributed by atoms with Gasteiger partial charge in [0, 0.05) is 0 Å². The van der Waals surface area contributed by atoms with Gasteiger partial charge in [-0.3, -0.25) is 0 Å². The normalized spacial score (nSPS) is 0. The van der Waals surface area contributed by atoms with Crippen LogP contribution in [0.5, 0.6) is 0 Å². The minimum absolute atomic E-state index is 0. The summed E-state index contributed by atoms with van der Waals surface area (Å²) in [6.45, 7) is 0. The van der Waals surface area contributed by atoms with Gasteiger partial charge in [-0.1, -0.05) is 0 Å². The first kappa shape index (κ1) is 45.4. The van der Waals surface area contributed by atoms with E-state index in [4.69, 9.17) is 0 Å². The van der Waals surface area contributed by atoms with E-state index in [-0.39, 0.29) is 95.7 Å². The van der Waals surface area contributed by atoms with Crippen LogP contribution in [0.4, 0.5) is 0 Å². The van der Waals surface area contributed by atoms with Crippen molar-refractivity contribution in [2.24, 2.45) is 0 Å². The molecule has 5 heavy (non-hydrogen) atoms. The number of hydrogen-bond donors (Lipinski definition) is 0. The Hall–Kier alpha value is 2.84. The number of hydrogen-bond acceptors (Lipinski definition) is 0. The van der Waals surface area contributed by atoms with Crippen LogP contribution in [0.3, 0.4) is 0 Å². The van der Waals surface area contributed by atoms with Gasteiger partial charge >= 0.3 is 78.6 Å². The van der Waals surface area contributed by atoms with Crippen LogP contribution in [-0.2, 0) is 19.5 Å². The SMILES string of the molecule is [Cl-].[F-].[Na+].[Na+].[Zn+2]. The zero-order chi connectivity index (χ0) is 0. The molecule has 16 valence electrons. The number of rotatable bonds is 0. The maximum absolute atomic E-state index is 0. The first-order valence-corrected chi connectivity index (χ1v) is 0. The molecular formula is ClFNa2Zn+2. The Balaban J connectivity index is 0. The Kier molecular flexibility index (Phi) is 263. The summed E-state index contributed by atoms with van der Waals surface area (Å²) >= 11 is 0. The zero-order valence-corrected chi connectivity index (χ0v) is 11.2. The summed E-state index contributed by atoms with van der Waals surface area (Å²) in [5.74, 6) is 0. The smallest absolute Gasteiger partial charge is 1.00 e. The van der Waals surface area contributed by atoms with Gasteiger partial charge in [0.25, 0.3) is 0 Å². The Morgan fingerprint density at radius 2 is 0.800 bits per heavy atom. The molecule has 0 fully saturated rings. The Morgan fingerprint density at radius 3 is 0.800 bits per heavy atom. The Labute approximate surface area is 94.0 Å². The molecule has 0 rings (SSSR count). The van der Waals surface area contributed by atoms with Crippen molar-refractivity contribution in [3.05, 3.63) is 0 Å². The average molecular weight is 166 g/mol. The van der Waals surface area contributed by atoms with Crippen molar-refractivity contribution in [3.8, 4) is 0 Å². The zero-order valence-electron chi connectivity index (χ0n) is 3.46. The van der Waals surface area contributed by atoms with Crippen LogP contribution in [0.1, 0.15) is 0 Å². The molecular weight excluding hydrogens is 166 g/mol. The topological polar surface area (TPSA) is 0 Å². The summed E-state index contributed by atoms with van der Waals surface area (Å²) in [7, 11) is 0. The summed E-state index contributed by atoms with van der Waals surface area (Å²) < 4.78 is 0. The van der Waals surface area contributed by atoms with Crippen LogP contribution in [0.15, 0.2) is 0 Å². The monoisotopic (exact) mass is 164 g/mol. The summed E-state index contributed by atoms with van der Waals surface area (Å²) in [6, 6.07) is 0. The molecule has 0 aromatic carbocycles. The van der Waals surface area contributed by atoms with Gasteiger partial charge in [0.05, 0.1) is 0 Å². The van der Waals surface area contributed by atoms with Crippen molar-refractivity contribution in [2.45, 2.75) is 0 Å². The van der Waals surface area contributed by atoms with Gasteiger partial charge in [0.1, 0.15) is 0 Å². The largest absolute Gasteiger partial charge is 2.00 e. The van der Waals surface area contributed by atoms with Crippen molar-refractivity contribution in [2.75, 3.05) is 0 Å². The second-order valence-corrected chi connectivity index (χ2v) is 0. The van der Waals surface area contributed by atoms with Crippen molar-refractivity contribution < 1.29 is 95.7 Å². The molecule has 0 spiro atoms. The Bertz CT molecular complexity index is 9.61. The van der Waals surface area contributed by atoms with E-state index < -0.39 is 0 Å². The maximum atomic E-state index is 0. The summed E-state index contributed by atoms with van der Waals surface area (Å²) in [5, 5.41) is 0. The van der Waals surface area contributed by atoms with Gasteiger partial charge < -0.3 is 17.1 Å². The van der Waals surface area contributed by atoms with E-state index in [1.165, 1.54) is 0 Å². The molecule has 0 nitrogen and oxygen atoms in total. The molecule has 0 unspecified atom stereocenters. The van der Waals surface area contributed by atoms with E-state index in [2.05, 4.69) is 0 Å². The van der Waals surface area contributed by atoms with E-state index in [0.717, 1.165) is 0 Å². The van der Waals surface area contributed by atoms with Crippen LogP contribution >= 0.6 is 0 Å². The first-order chi connectivity index (χ1) is 0. The molecule has 0 N–H and O–H groups in total. The van der Waals surface area contributed by atoms with E-state index in [1.54, 1.807) is 0 Å². The fourth-order valence-corrected chi connectivity index (χ4v) is 0. The molecule has 0 heterocycles. The molecule has 0 aliphatic rings. The predicted octanol–water partition coefficient (Wildman–Crippen LogP) is -12.0. The molecule has 0 amide bonds. The third-order valence-electron chi connectivity index (χ3n) is 0. The van der Waals surface area contributed by atoms with E-state index >= 15 is 0 Å². The molecule has 0 aliphatic carbocycles. The molecule has 0 atom stereocenters. The second-order valence-electron chi connectivity index (χ2n) is 0. The number of halogens is 2. The van der Waals surface area contributed by atoms with E-state index in [1.807, 2.05) is 0 Å². The third kappa shape index (κ3) is 19.9. The quantitative estimate of drug-likeness (QED) is 0.313. The molecule has 0 radical (unpaired) electrons. The second kappa shape index (κ2) is 28.9. The van der Waals surface area contributed by atoms with Gasteiger partial charge in [-0.05, 0) is 0 Å². The Morgan fingerprint density at radius 1 is 0.800 bits per heavy atom. The molecule has 0 aliphatic heterocycles. The van der Waals surface area contributed by atoms with Gasteiger partial charge in [0.15, 0.2) is 0 Å². The van der Waals surface area contributed by atoms with Crippen LogP contribution in [0.25, 0.3) is 0 Å². The average Bonchev–Trinajstić information content (AvgIpc) is 0. The molecule has 0 saturated carbocycles. The molecule has 0 bridgehead atoms.